The van der Waals surface area contributed by atoms with Crippen LogP contribution in [0.4, 0.5) is 17.6 Å². The van der Waals surface area contributed by atoms with E-state index in [0.717, 1.165) is 0 Å². The highest BCUT2D eigenvalue weighted by atomic mass is 19.1. The molecule has 0 heterocycles. The van der Waals surface area contributed by atoms with Gasteiger partial charge in [0.15, 0.2) is 0 Å². The van der Waals surface area contributed by atoms with Crippen LogP contribution < -0.4 is 0 Å². The number of hydrogen-bond acceptors (Lipinski definition) is 0. The number of allylic oxidation sites excluding steroid dienone is 5. The van der Waals surface area contributed by atoms with E-state index in [9.17, 15) is 17.6 Å². The first kappa shape index (κ1) is 12.9. The van der Waals surface area contributed by atoms with E-state index in [0.29, 0.717) is 6.08 Å². The Morgan fingerprint density at radius 1 is 1.21 bits per heavy atom. The standard InChI is InChI=1S/C10H12F4/c1-7(8(2)12)10(14)4-3-9(13)5-6-11/h5H,2-4,6H2,1H3/b9-5+,10-7-. The minimum Gasteiger partial charge on any atom is -0.246 e. The second-order valence-electron chi connectivity index (χ2n) is 2.74. The van der Waals surface area contributed by atoms with Crippen LogP contribution >= 0.6 is 0 Å². The summed E-state index contributed by atoms with van der Waals surface area (Å²) in [7, 11) is 0. The van der Waals surface area contributed by atoms with Gasteiger partial charge in [-0.25, -0.2) is 17.6 Å². The Hall–Kier alpha value is -1.06. The third-order valence-electron chi connectivity index (χ3n) is 1.70. The number of rotatable bonds is 5. The zero-order valence-corrected chi connectivity index (χ0v) is 7.92. The topological polar surface area (TPSA) is 0 Å². The quantitative estimate of drug-likeness (QED) is 0.466. The minimum atomic E-state index is -0.925. The molecule has 0 saturated carbocycles. The summed E-state index contributed by atoms with van der Waals surface area (Å²) in [6.45, 7) is 3.20. The van der Waals surface area contributed by atoms with Gasteiger partial charge in [-0.2, -0.15) is 0 Å². The van der Waals surface area contributed by atoms with Gasteiger partial charge < -0.3 is 0 Å². The van der Waals surface area contributed by atoms with Crippen molar-refractivity contribution in [1.29, 1.82) is 0 Å². The summed E-state index contributed by atoms with van der Waals surface area (Å²) in [4.78, 5) is 0. The molecular weight excluding hydrogens is 196 g/mol. The zero-order chi connectivity index (χ0) is 11.1. The van der Waals surface area contributed by atoms with Gasteiger partial charge >= 0.3 is 0 Å². The van der Waals surface area contributed by atoms with Gasteiger partial charge in [0.2, 0.25) is 0 Å². The Bertz CT molecular complexity index is 263. The fraction of sp³-hybridized carbons (Fsp3) is 0.400. The molecule has 0 fully saturated rings. The number of halogens is 4. The minimum absolute atomic E-state index is 0.224. The molecule has 0 rings (SSSR count). The smallest absolute Gasteiger partial charge is 0.121 e. The van der Waals surface area contributed by atoms with Crippen LogP contribution in [0.15, 0.2) is 35.7 Å². The molecule has 0 saturated heterocycles. The van der Waals surface area contributed by atoms with Gasteiger partial charge in [0.1, 0.15) is 18.3 Å². The summed E-state index contributed by atoms with van der Waals surface area (Å²) in [5.74, 6) is -2.38. The van der Waals surface area contributed by atoms with E-state index < -0.39 is 24.2 Å². The predicted octanol–water partition coefficient (Wildman–Crippen LogP) is 4.32. The first-order valence-electron chi connectivity index (χ1n) is 4.09. The lowest BCUT2D eigenvalue weighted by molar-refractivity contribution is 0.506. The van der Waals surface area contributed by atoms with Gasteiger partial charge in [-0.1, -0.05) is 6.58 Å². The molecular formula is C10H12F4. The van der Waals surface area contributed by atoms with Crippen molar-refractivity contribution < 1.29 is 17.6 Å². The molecule has 0 atom stereocenters. The summed E-state index contributed by atoms with van der Waals surface area (Å²) < 4.78 is 49.4. The van der Waals surface area contributed by atoms with Gasteiger partial charge in [0.25, 0.3) is 0 Å². The van der Waals surface area contributed by atoms with Crippen molar-refractivity contribution >= 4 is 0 Å². The molecule has 0 aromatic carbocycles. The molecule has 80 valence electrons. The molecule has 0 nitrogen and oxygen atoms in total. The lowest BCUT2D eigenvalue weighted by Crippen LogP contribution is -1.85. The molecule has 14 heavy (non-hydrogen) atoms. The normalized spacial score (nSPS) is 13.9. The molecule has 0 bridgehead atoms. The van der Waals surface area contributed by atoms with Crippen LogP contribution in [0.5, 0.6) is 0 Å². The summed E-state index contributed by atoms with van der Waals surface area (Å²) in [5.41, 5.74) is -0.224. The van der Waals surface area contributed by atoms with Crippen molar-refractivity contribution in [3.8, 4) is 0 Å². The zero-order valence-electron chi connectivity index (χ0n) is 7.92. The summed E-state index contributed by atoms with van der Waals surface area (Å²) in [5, 5.41) is 0. The van der Waals surface area contributed by atoms with E-state index in [1.807, 2.05) is 0 Å². The van der Waals surface area contributed by atoms with Crippen LogP contribution in [-0.2, 0) is 0 Å². The molecule has 0 N–H and O–H groups in total. The summed E-state index contributed by atoms with van der Waals surface area (Å²) in [6.07, 6.45) is 0.171. The lowest BCUT2D eigenvalue weighted by atomic mass is 10.1. The maximum absolute atomic E-state index is 12.9. The van der Waals surface area contributed by atoms with E-state index in [4.69, 9.17) is 0 Å². The molecule has 0 aliphatic rings. The lowest BCUT2D eigenvalue weighted by Gasteiger charge is -2.00. The Kier molecular flexibility index (Phi) is 5.92. The SMILES string of the molecule is C=C(F)/C(C)=C(\F)CC/C(F)=C\CF. The van der Waals surface area contributed by atoms with Crippen LogP contribution in [0, 0.1) is 0 Å². The largest absolute Gasteiger partial charge is 0.246 e. The molecule has 4 heteroatoms. The van der Waals surface area contributed by atoms with E-state index in [1.54, 1.807) is 0 Å². The van der Waals surface area contributed by atoms with Crippen molar-refractivity contribution in [1.82, 2.24) is 0 Å². The molecule has 0 spiro atoms. The van der Waals surface area contributed by atoms with E-state index >= 15 is 0 Å². The molecule has 0 amide bonds. The van der Waals surface area contributed by atoms with Crippen molar-refractivity contribution in [2.45, 2.75) is 19.8 Å². The van der Waals surface area contributed by atoms with Crippen molar-refractivity contribution in [2.75, 3.05) is 6.67 Å². The van der Waals surface area contributed by atoms with Gasteiger partial charge in [-0.15, -0.1) is 0 Å². The van der Waals surface area contributed by atoms with E-state index in [2.05, 4.69) is 6.58 Å². The summed E-state index contributed by atoms with van der Waals surface area (Å²) >= 11 is 0. The van der Waals surface area contributed by atoms with Crippen molar-refractivity contribution in [3.63, 3.8) is 0 Å². The average molecular weight is 208 g/mol. The van der Waals surface area contributed by atoms with Gasteiger partial charge in [0.05, 0.1) is 5.83 Å². The number of alkyl halides is 1. The molecule has 0 aromatic heterocycles. The maximum atomic E-state index is 12.9. The van der Waals surface area contributed by atoms with Crippen LogP contribution in [0.1, 0.15) is 19.8 Å². The highest BCUT2D eigenvalue weighted by molar-refractivity contribution is 5.23. The highest BCUT2D eigenvalue weighted by Gasteiger charge is 2.06. The Labute approximate surface area is 80.6 Å². The predicted molar refractivity (Wildman–Crippen MR) is 48.5 cm³/mol. The van der Waals surface area contributed by atoms with Crippen LogP contribution in [0.3, 0.4) is 0 Å². The van der Waals surface area contributed by atoms with Gasteiger partial charge in [0, 0.05) is 18.4 Å². The first-order chi connectivity index (χ1) is 6.49. The Morgan fingerprint density at radius 3 is 2.21 bits per heavy atom. The van der Waals surface area contributed by atoms with E-state index in [-0.39, 0.29) is 18.4 Å². The second-order valence-corrected chi connectivity index (χ2v) is 2.74. The molecule has 0 radical (unpaired) electrons. The van der Waals surface area contributed by atoms with E-state index in [1.165, 1.54) is 6.92 Å². The molecule has 0 aliphatic heterocycles. The second kappa shape index (κ2) is 6.40. The van der Waals surface area contributed by atoms with Gasteiger partial charge in [-0.3, -0.25) is 0 Å². The van der Waals surface area contributed by atoms with Gasteiger partial charge in [-0.05, 0) is 13.0 Å². The third kappa shape index (κ3) is 4.84. The first-order valence-corrected chi connectivity index (χ1v) is 4.09. The number of hydrogen-bond donors (Lipinski definition) is 0. The van der Waals surface area contributed by atoms with Crippen molar-refractivity contribution in [2.24, 2.45) is 0 Å². The fourth-order valence-corrected chi connectivity index (χ4v) is 0.750. The molecule has 0 aromatic rings. The monoisotopic (exact) mass is 208 g/mol. The summed E-state index contributed by atoms with van der Waals surface area (Å²) in [6, 6.07) is 0. The van der Waals surface area contributed by atoms with Crippen molar-refractivity contribution in [3.05, 3.63) is 35.7 Å². The Morgan fingerprint density at radius 2 is 1.79 bits per heavy atom. The highest BCUT2D eigenvalue weighted by Crippen LogP contribution is 2.21. The third-order valence-corrected chi connectivity index (χ3v) is 1.70. The van der Waals surface area contributed by atoms with Crippen LogP contribution in [0.25, 0.3) is 0 Å². The molecule has 0 aliphatic carbocycles. The van der Waals surface area contributed by atoms with Crippen LogP contribution in [-0.4, -0.2) is 6.67 Å². The Balaban J connectivity index is 4.21. The van der Waals surface area contributed by atoms with Crippen LogP contribution in [0.2, 0.25) is 0 Å². The fourth-order valence-electron chi connectivity index (χ4n) is 0.750. The average Bonchev–Trinajstić information content (AvgIpc) is 2.13. The maximum Gasteiger partial charge on any atom is 0.121 e. The molecule has 0 unspecified atom stereocenters.